The van der Waals surface area contributed by atoms with Crippen molar-refractivity contribution in [1.29, 1.82) is 0 Å². The van der Waals surface area contributed by atoms with Crippen molar-refractivity contribution in [3.63, 3.8) is 0 Å². The van der Waals surface area contributed by atoms with E-state index in [4.69, 9.17) is 8.92 Å². The van der Waals surface area contributed by atoms with Gasteiger partial charge in [0.25, 0.3) is 10.1 Å². The molecule has 5 heteroatoms. The molecular weight excluding hydrogens is 240 g/mol. The molecule has 0 amide bonds. The van der Waals surface area contributed by atoms with Gasteiger partial charge in [0.05, 0.1) is 18.1 Å². The third kappa shape index (κ3) is 2.94. The Morgan fingerprint density at radius 1 is 1.47 bits per heavy atom. The summed E-state index contributed by atoms with van der Waals surface area (Å²) in [4.78, 5) is 0.146. The number of ether oxygens (including phenoxy) is 1. The van der Waals surface area contributed by atoms with Crippen LogP contribution in [0.2, 0.25) is 0 Å². The molecule has 17 heavy (non-hydrogen) atoms. The van der Waals surface area contributed by atoms with E-state index < -0.39 is 15.7 Å². The van der Waals surface area contributed by atoms with Gasteiger partial charge in [-0.25, -0.2) is 0 Å². The maximum atomic E-state index is 11.8. The molecule has 0 saturated carbocycles. The second-order valence-corrected chi connectivity index (χ2v) is 5.84. The molecule has 1 aromatic rings. The van der Waals surface area contributed by atoms with Crippen LogP contribution in [0.25, 0.3) is 6.08 Å². The topological polar surface area (TPSA) is 55.9 Å². The first-order valence-corrected chi connectivity index (χ1v) is 6.62. The summed E-state index contributed by atoms with van der Waals surface area (Å²) in [7, 11) is -3.69. The number of benzene rings is 1. The van der Waals surface area contributed by atoms with Crippen LogP contribution in [-0.2, 0) is 19.0 Å². The quantitative estimate of drug-likeness (QED) is 0.594. The van der Waals surface area contributed by atoms with Gasteiger partial charge in [-0.05, 0) is 24.6 Å². The zero-order valence-corrected chi connectivity index (χ0v) is 10.4. The molecule has 4 nitrogen and oxygen atoms in total. The molecule has 0 bridgehead atoms. The Balaban J connectivity index is 2.10. The molecule has 1 atom stereocenters. The Labute approximate surface area is 101 Å². The first-order valence-electron chi connectivity index (χ1n) is 5.21. The van der Waals surface area contributed by atoms with Gasteiger partial charge in [0, 0.05) is 0 Å². The summed E-state index contributed by atoms with van der Waals surface area (Å²) in [6, 6.07) is 6.36. The van der Waals surface area contributed by atoms with Crippen LogP contribution in [0.15, 0.2) is 35.7 Å². The fraction of sp³-hybridized carbons (Fsp3) is 0.333. The maximum absolute atomic E-state index is 11.8. The van der Waals surface area contributed by atoms with Crippen LogP contribution in [0, 0.1) is 0 Å². The Bertz CT molecular complexity index is 512. The van der Waals surface area contributed by atoms with Crippen molar-refractivity contribution >= 4 is 16.2 Å². The Morgan fingerprint density at radius 3 is 2.53 bits per heavy atom. The van der Waals surface area contributed by atoms with Crippen molar-refractivity contribution in [2.24, 2.45) is 0 Å². The van der Waals surface area contributed by atoms with E-state index in [9.17, 15) is 8.42 Å². The lowest BCUT2D eigenvalue weighted by molar-refractivity contribution is 0.207. The van der Waals surface area contributed by atoms with Crippen molar-refractivity contribution in [3.8, 4) is 0 Å². The molecule has 1 unspecified atom stereocenters. The van der Waals surface area contributed by atoms with Crippen LogP contribution >= 0.6 is 0 Å². The molecular formula is C12H14O4S. The first-order chi connectivity index (χ1) is 7.95. The predicted octanol–water partition coefficient (Wildman–Crippen LogP) is 1.82. The summed E-state index contributed by atoms with van der Waals surface area (Å²) in [6.07, 6.45) is 1.65. The Kier molecular flexibility index (Phi) is 3.07. The molecule has 1 aliphatic rings. The van der Waals surface area contributed by atoms with Gasteiger partial charge in [-0.1, -0.05) is 24.8 Å². The van der Waals surface area contributed by atoms with Crippen LogP contribution in [0.5, 0.6) is 0 Å². The normalized spacial score (nSPS) is 23.4. The lowest BCUT2D eigenvalue weighted by Gasteiger charge is -2.07. The molecule has 1 fully saturated rings. The monoisotopic (exact) mass is 254 g/mol. The summed E-state index contributed by atoms with van der Waals surface area (Å²) in [5.74, 6) is 0. The van der Waals surface area contributed by atoms with Crippen molar-refractivity contribution in [3.05, 3.63) is 36.4 Å². The van der Waals surface area contributed by atoms with Gasteiger partial charge >= 0.3 is 0 Å². The Hall–Kier alpha value is -1.17. The first kappa shape index (κ1) is 12.3. The fourth-order valence-corrected chi connectivity index (χ4v) is 2.26. The highest BCUT2D eigenvalue weighted by Gasteiger charge is 2.41. The number of hydrogen-bond acceptors (Lipinski definition) is 4. The van der Waals surface area contributed by atoms with Crippen molar-refractivity contribution in [2.75, 3.05) is 13.2 Å². The van der Waals surface area contributed by atoms with E-state index in [0.717, 1.165) is 5.56 Å². The van der Waals surface area contributed by atoms with Gasteiger partial charge < -0.3 is 4.74 Å². The average Bonchev–Trinajstić information content (AvgIpc) is 3.06. The van der Waals surface area contributed by atoms with E-state index in [1.54, 1.807) is 18.2 Å². The molecule has 1 heterocycles. The molecule has 0 spiro atoms. The smallest absolute Gasteiger partial charge is 0.297 e. The molecule has 0 N–H and O–H groups in total. The molecule has 0 radical (unpaired) electrons. The Morgan fingerprint density at radius 2 is 2.06 bits per heavy atom. The predicted molar refractivity (Wildman–Crippen MR) is 64.0 cm³/mol. The highest BCUT2D eigenvalue weighted by Crippen LogP contribution is 2.27. The van der Waals surface area contributed by atoms with Crippen molar-refractivity contribution in [1.82, 2.24) is 0 Å². The van der Waals surface area contributed by atoms with Crippen molar-refractivity contribution < 1.29 is 17.3 Å². The zero-order valence-electron chi connectivity index (χ0n) is 9.55. The minimum atomic E-state index is -3.69. The van der Waals surface area contributed by atoms with Gasteiger partial charge in [0.15, 0.2) is 0 Å². The van der Waals surface area contributed by atoms with Gasteiger partial charge in [-0.2, -0.15) is 8.42 Å². The highest BCUT2D eigenvalue weighted by atomic mass is 32.2. The highest BCUT2D eigenvalue weighted by molar-refractivity contribution is 7.86. The summed E-state index contributed by atoms with van der Waals surface area (Å²) < 4.78 is 33.6. The number of rotatable bonds is 5. The minimum Gasteiger partial charge on any atom is -0.367 e. The SMILES string of the molecule is C=Cc1ccc(S(=O)(=O)OCC2(C)CO2)cc1. The van der Waals surface area contributed by atoms with Crippen LogP contribution in [0.3, 0.4) is 0 Å². The van der Waals surface area contributed by atoms with E-state index in [1.807, 2.05) is 6.92 Å². The molecule has 2 rings (SSSR count). The molecule has 92 valence electrons. The van der Waals surface area contributed by atoms with Crippen molar-refractivity contribution in [2.45, 2.75) is 17.4 Å². The second-order valence-electron chi connectivity index (χ2n) is 4.23. The number of epoxide rings is 1. The van der Waals surface area contributed by atoms with E-state index >= 15 is 0 Å². The molecule has 0 aromatic heterocycles. The van der Waals surface area contributed by atoms with Crippen LogP contribution in [0.1, 0.15) is 12.5 Å². The molecule has 1 aromatic carbocycles. The third-order valence-electron chi connectivity index (χ3n) is 2.56. The lowest BCUT2D eigenvalue weighted by atomic mass is 10.2. The largest absolute Gasteiger partial charge is 0.367 e. The standard InChI is InChI=1S/C12H14O4S/c1-3-10-4-6-11(7-5-10)17(13,14)16-9-12(2)8-15-12/h3-7H,1,8-9H2,2H3. The third-order valence-corrected chi connectivity index (χ3v) is 3.84. The number of hydrogen-bond donors (Lipinski definition) is 0. The summed E-state index contributed by atoms with van der Waals surface area (Å²) >= 11 is 0. The summed E-state index contributed by atoms with van der Waals surface area (Å²) in [6.45, 7) is 6.01. The summed E-state index contributed by atoms with van der Waals surface area (Å²) in [5, 5.41) is 0. The zero-order chi connectivity index (χ0) is 12.5. The summed E-state index contributed by atoms with van der Waals surface area (Å²) in [5.41, 5.74) is 0.426. The van der Waals surface area contributed by atoms with Crippen LogP contribution in [-0.4, -0.2) is 27.2 Å². The van der Waals surface area contributed by atoms with Gasteiger partial charge in [-0.15, -0.1) is 0 Å². The van der Waals surface area contributed by atoms with Gasteiger partial charge in [0.1, 0.15) is 5.60 Å². The second kappa shape index (κ2) is 4.25. The van der Waals surface area contributed by atoms with E-state index in [2.05, 4.69) is 6.58 Å². The molecule has 1 saturated heterocycles. The fourth-order valence-electron chi connectivity index (χ4n) is 1.25. The average molecular weight is 254 g/mol. The van der Waals surface area contributed by atoms with E-state index in [-0.39, 0.29) is 11.5 Å². The van der Waals surface area contributed by atoms with E-state index in [0.29, 0.717) is 6.61 Å². The minimum absolute atomic E-state index is 0.0541. The molecule has 0 aliphatic carbocycles. The van der Waals surface area contributed by atoms with Crippen LogP contribution in [0.4, 0.5) is 0 Å². The van der Waals surface area contributed by atoms with Gasteiger partial charge in [0.2, 0.25) is 0 Å². The van der Waals surface area contributed by atoms with Crippen LogP contribution < -0.4 is 0 Å². The molecule has 1 aliphatic heterocycles. The van der Waals surface area contributed by atoms with E-state index in [1.165, 1.54) is 12.1 Å². The maximum Gasteiger partial charge on any atom is 0.297 e. The lowest BCUT2D eigenvalue weighted by Crippen LogP contribution is -2.18. The van der Waals surface area contributed by atoms with Gasteiger partial charge in [-0.3, -0.25) is 4.18 Å².